The lowest BCUT2D eigenvalue weighted by Crippen LogP contribution is -2.47. The Balaban J connectivity index is 1.40. The number of methoxy groups -OCH3 is 1. The van der Waals surface area contributed by atoms with Crippen molar-refractivity contribution in [3.05, 3.63) is 113 Å². The highest BCUT2D eigenvalue weighted by Crippen LogP contribution is 2.38. The summed E-state index contributed by atoms with van der Waals surface area (Å²) in [7, 11) is -2.86. The van der Waals surface area contributed by atoms with E-state index in [2.05, 4.69) is 5.32 Å². The number of para-hydroxylation sites is 1. The fourth-order valence-corrected chi connectivity index (χ4v) is 6.83. The second kappa shape index (κ2) is 12.0. The van der Waals surface area contributed by atoms with Crippen LogP contribution in [0.2, 0.25) is 0 Å². The number of halogens is 3. The van der Waals surface area contributed by atoms with Crippen molar-refractivity contribution in [3.63, 3.8) is 0 Å². The Morgan fingerprint density at radius 3 is 2.36 bits per heavy atom. The maximum absolute atomic E-state index is 14.0. The first-order valence-electron chi connectivity index (χ1n) is 13.4. The second-order valence-electron chi connectivity index (χ2n) is 10.2. The summed E-state index contributed by atoms with van der Waals surface area (Å²) in [5.74, 6) is -1.17. The summed E-state index contributed by atoms with van der Waals surface area (Å²) in [6.45, 7) is 0.00176. The fraction of sp³-hybridized carbons (Fsp3) is 0.188. The Kier molecular flexibility index (Phi) is 8.38. The minimum Gasteiger partial charge on any atom is -0.496 e. The van der Waals surface area contributed by atoms with E-state index in [0.29, 0.717) is 33.7 Å². The van der Waals surface area contributed by atoms with E-state index in [1.165, 1.54) is 43.5 Å². The number of alkyl halides is 3. The first kappa shape index (κ1) is 30.6. The van der Waals surface area contributed by atoms with E-state index >= 15 is 0 Å². The lowest BCUT2D eigenvalue weighted by molar-refractivity contribution is -0.138. The predicted octanol–water partition coefficient (Wildman–Crippen LogP) is 5.44. The smallest absolute Gasteiger partial charge is 0.416 e. The van der Waals surface area contributed by atoms with E-state index in [1.807, 2.05) is 0 Å². The van der Waals surface area contributed by atoms with Gasteiger partial charge in [-0.3, -0.25) is 13.9 Å². The van der Waals surface area contributed by atoms with Gasteiger partial charge < -0.3 is 15.2 Å². The lowest BCUT2D eigenvalue weighted by Gasteiger charge is -2.26. The van der Waals surface area contributed by atoms with Crippen LogP contribution in [0.15, 0.2) is 95.9 Å². The van der Waals surface area contributed by atoms with Gasteiger partial charge >= 0.3 is 12.1 Å². The molecule has 1 aliphatic heterocycles. The van der Waals surface area contributed by atoms with Gasteiger partial charge in [0, 0.05) is 18.5 Å². The largest absolute Gasteiger partial charge is 0.496 e. The van der Waals surface area contributed by atoms with E-state index in [1.54, 1.807) is 42.5 Å². The molecule has 0 aliphatic carbocycles. The molecule has 228 valence electrons. The molecular weight excluding hydrogens is 597 g/mol. The van der Waals surface area contributed by atoms with Crippen molar-refractivity contribution in [2.24, 2.45) is 0 Å². The zero-order valence-corrected chi connectivity index (χ0v) is 24.2. The molecule has 0 unspecified atom stereocenters. The van der Waals surface area contributed by atoms with Gasteiger partial charge in [0.2, 0.25) is 5.91 Å². The van der Waals surface area contributed by atoms with Crippen molar-refractivity contribution in [3.8, 4) is 16.9 Å². The van der Waals surface area contributed by atoms with Crippen LogP contribution >= 0.6 is 0 Å². The molecule has 0 spiro atoms. The Hall–Kier alpha value is -4.84. The number of hydrogen-bond donors (Lipinski definition) is 2. The number of nitrogens with zero attached hydrogens (tertiary/aromatic N) is 1. The first-order chi connectivity index (χ1) is 20.9. The molecular formula is C32H27F3N2O6S. The van der Waals surface area contributed by atoms with Crippen LogP contribution in [0.1, 0.15) is 22.3 Å². The number of ether oxygens (including phenoxy) is 1. The third-order valence-corrected chi connectivity index (χ3v) is 9.16. The number of amides is 1. The first-order valence-corrected chi connectivity index (χ1v) is 14.9. The Morgan fingerprint density at radius 1 is 0.955 bits per heavy atom. The number of carboxylic acids is 1. The van der Waals surface area contributed by atoms with Crippen molar-refractivity contribution < 1.29 is 41.0 Å². The van der Waals surface area contributed by atoms with Crippen LogP contribution in [0.5, 0.6) is 5.75 Å². The van der Waals surface area contributed by atoms with Crippen LogP contribution in [0.4, 0.5) is 18.9 Å². The molecule has 1 amide bonds. The number of benzene rings is 4. The molecule has 4 aromatic carbocycles. The van der Waals surface area contributed by atoms with Crippen LogP contribution in [-0.2, 0) is 45.2 Å². The molecule has 2 N–H and O–H groups in total. The van der Waals surface area contributed by atoms with Gasteiger partial charge in [-0.1, -0.05) is 54.6 Å². The molecule has 5 rings (SSSR count). The number of hydrogen-bond acceptors (Lipinski definition) is 5. The zero-order valence-electron chi connectivity index (χ0n) is 23.3. The second-order valence-corrected chi connectivity index (χ2v) is 12.0. The number of fused-ring (bicyclic) bond motifs is 1. The number of sulfonamides is 1. The molecule has 44 heavy (non-hydrogen) atoms. The van der Waals surface area contributed by atoms with Gasteiger partial charge in [0.15, 0.2) is 0 Å². The molecule has 1 heterocycles. The van der Waals surface area contributed by atoms with Crippen molar-refractivity contribution in [2.45, 2.75) is 36.5 Å². The molecule has 1 aliphatic rings. The summed E-state index contributed by atoms with van der Waals surface area (Å²) in [5, 5.41) is 11.8. The lowest BCUT2D eigenvalue weighted by atomic mass is 10.0. The van der Waals surface area contributed by atoms with Crippen LogP contribution < -0.4 is 14.4 Å². The summed E-state index contributed by atoms with van der Waals surface area (Å²) >= 11 is 0. The topological polar surface area (TPSA) is 113 Å². The van der Waals surface area contributed by atoms with Crippen molar-refractivity contribution >= 4 is 27.6 Å². The van der Waals surface area contributed by atoms with E-state index in [0.717, 1.165) is 16.4 Å². The normalized spacial score (nSPS) is 14.6. The summed E-state index contributed by atoms with van der Waals surface area (Å²) in [4.78, 5) is 24.4. The molecule has 0 saturated carbocycles. The molecule has 0 fully saturated rings. The number of carboxylic acid groups (broad SMARTS) is 1. The minimum atomic E-state index is -4.52. The number of carbonyl (C=O) groups is 2. The molecule has 0 aromatic heterocycles. The number of nitrogens with one attached hydrogen (secondary N) is 1. The highest BCUT2D eigenvalue weighted by molar-refractivity contribution is 7.93. The minimum absolute atomic E-state index is 0.00176. The maximum atomic E-state index is 14.0. The summed E-state index contributed by atoms with van der Waals surface area (Å²) < 4.78 is 74.0. The third kappa shape index (κ3) is 6.25. The Bertz CT molecular complexity index is 1820. The fourth-order valence-electron chi connectivity index (χ4n) is 5.18. The molecule has 8 nitrogen and oxygen atoms in total. The van der Waals surface area contributed by atoms with Crippen LogP contribution in [0, 0.1) is 0 Å². The number of aliphatic carboxylic acids is 1. The Labute approximate surface area is 251 Å². The molecule has 1 atom stereocenters. The number of carbonyl (C=O) groups excluding carboxylic acids is 1. The molecule has 0 radical (unpaired) electrons. The van der Waals surface area contributed by atoms with Gasteiger partial charge in [-0.15, -0.1) is 0 Å². The quantitative estimate of drug-likeness (QED) is 0.256. The van der Waals surface area contributed by atoms with Crippen molar-refractivity contribution in [1.82, 2.24) is 5.32 Å². The Morgan fingerprint density at radius 2 is 1.68 bits per heavy atom. The number of rotatable bonds is 9. The van der Waals surface area contributed by atoms with Gasteiger partial charge in [-0.05, 0) is 58.7 Å². The summed E-state index contributed by atoms with van der Waals surface area (Å²) in [6, 6.07) is 20.7. The van der Waals surface area contributed by atoms with Gasteiger partial charge in [-0.25, -0.2) is 8.42 Å². The highest BCUT2D eigenvalue weighted by atomic mass is 32.2. The van der Waals surface area contributed by atoms with E-state index in [-0.39, 0.29) is 29.8 Å². The van der Waals surface area contributed by atoms with Crippen molar-refractivity contribution in [2.75, 3.05) is 11.4 Å². The van der Waals surface area contributed by atoms with Crippen molar-refractivity contribution in [1.29, 1.82) is 0 Å². The predicted molar refractivity (Wildman–Crippen MR) is 157 cm³/mol. The zero-order chi connectivity index (χ0) is 31.6. The maximum Gasteiger partial charge on any atom is 0.416 e. The number of anilines is 1. The molecule has 0 saturated heterocycles. The summed E-state index contributed by atoms with van der Waals surface area (Å²) in [6.07, 6.45) is -4.59. The van der Waals surface area contributed by atoms with Crippen LogP contribution in [-0.4, -0.2) is 38.6 Å². The monoisotopic (exact) mass is 624 g/mol. The standard InChI is InChI=1S/C32H27F3N2O6S/c1-43-29-15-20(16-30(38)39)9-10-24(29)19-36-31(40)28-18-23-5-2-3-8-27(23)37(28)44(41,42)26-13-11-21(12-14-26)22-6-4-7-25(17-22)32(33,34)35/h2-15,17,28H,16,18-19H2,1H3,(H,36,40)(H,38,39)/t28-/m0/s1. The van der Waals surface area contributed by atoms with Gasteiger partial charge in [0.1, 0.15) is 11.8 Å². The third-order valence-electron chi connectivity index (χ3n) is 7.32. The molecule has 12 heteroatoms. The highest BCUT2D eigenvalue weighted by Gasteiger charge is 2.42. The van der Waals surface area contributed by atoms with E-state index < -0.39 is 39.7 Å². The summed E-state index contributed by atoms with van der Waals surface area (Å²) in [5.41, 5.74) is 1.96. The van der Waals surface area contributed by atoms with Gasteiger partial charge in [0.25, 0.3) is 10.0 Å². The molecule has 0 bridgehead atoms. The van der Waals surface area contributed by atoms with Crippen LogP contribution in [0.25, 0.3) is 11.1 Å². The SMILES string of the molecule is COc1cc(CC(=O)O)ccc1CNC(=O)[C@@H]1Cc2ccccc2N1S(=O)(=O)c1ccc(-c2cccc(C(F)(F)F)c2)cc1. The van der Waals surface area contributed by atoms with Gasteiger partial charge in [-0.2, -0.15) is 13.2 Å². The van der Waals surface area contributed by atoms with E-state index in [9.17, 15) is 31.2 Å². The van der Waals surface area contributed by atoms with E-state index in [4.69, 9.17) is 9.84 Å². The average Bonchev–Trinajstić information content (AvgIpc) is 3.40. The van der Waals surface area contributed by atoms with Crippen LogP contribution in [0.3, 0.4) is 0 Å². The average molecular weight is 625 g/mol. The van der Waals surface area contributed by atoms with Gasteiger partial charge in [0.05, 0.1) is 29.7 Å². The molecule has 4 aromatic rings.